The summed E-state index contributed by atoms with van der Waals surface area (Å²) in [5, 5.41) is 5.40. The van der Waals surface area contributed by atoms with Crippen molar-refractivity contribution >= 4 is 46.5 Å². The summed E-state index contributed by atoms with van der Waals surface area (Å²) in [4.78, 5) is 86.8. The van der Waals surface area contributed by atoms with Crippen molar-refractivity contribution in [2.24, 2.45) is 0 Å². The number of nitrogens with one attached hydrogen (secondary N) is 6. The van der Waals surface area contributed by atoms with Crippen LogP contribution in [0.15, 0.2) is 92.0 Å². The van der Waals surface area contributed by atoms with Crippen LogP contribution in [0.1, 0.15) is 31.8 Å². The molecule has 0 aliphatic carbocycles. The minimum absolute atomic E-state index is 0.00755. The third-order valence-electron chi connectivity index (χ3n) is 7.29. The van der Waals surface area contributed by atoms with Crippen LogP contribution >= 0.6 is 0 Å². The largest absolute Gasteiger partial charge is 0.350 e. The minimum Gasteiger partial charge on any atom is -0.350 e. The Morgan fingerprint density at radius 2 is 0.818 bits per heavy atom. The second kappa shape index (κ2) is 10.1. The molecular formula is C32H20N6O6. The molecule has 2 aliphatic rings. The lowest BCUT2D eigenvalue weighted by Gasteiger charge is -1.99. The molecule has 0 radical (unpaired) electrons. The summed E-state index contributed by atoms with van der Waals surface area (Å²) in [6.07, 6.45) is 2.92. The van der Waals surface area contributed by atoms with Gasteiger partial charge in [-0.2, -0.15) is 0 Å². The molecule has 2 aromatic heterocycles. The Balaban J connectivity index is 1.20. The monoisotopic (exact) mass is 584 g/mol. The van der Waals surface area contributed by atoms with Crippen molar-refractivity contribution in [3.05, 3.63) is 158 Å². The van der Waals surface area contributed by atoms with Crippen molar-refractivity contribution in [2.45, 2.75) is 0 Å². The number of rotatable bonds is 2. The van der Waals surface area contributed by atoms with E-state index in [-0.39, 0.29) is 32.8 Å². The fraction of sp³-hybridized carbons (Fsp3) is 0. The van der Waals surface area contributed by atoms with Crippen LogP contribution in [0, 0.1) is 0 Å². The molecule has 2 aliphatic heterocycles. The lowest BCUT2D eigenvalue weighted by molar-refractivity contribution is 0.105. The third kappa shape index (κ3) is 4.43. The molecule has 214 valence electrons. The lowest BCUT2D eigenvalue weighted by Crippen LogP contribution is -2.48. The summed E-state index contributed by atoms with van der Waals surface area (Å²) in [6.45, 7) is 0. The van der Waals surface area contributed by atoms with E-state index in [2.05, 4.69) is 30.6 Å². The maximum atomic E-state index is 12.8. The van der Waals surface area contributed by atoms with Crippen LogP contribution in [0.4, 0.5) is 11.4 Å². The summed E-state index contributed by atoms with van der Waals surface area (Å²) in [5.74, 6) is -0.790. The highest BCUT2D eigenvalue weighted by Gasteiger charge is 2.27. The fourth-order valence-electron chi connectivity index (χ4n) is 5.12. The summed E-state index contributed by atoms with van der Waals surface area (Å²) >= 11 is 0. The van der Waals surface area contributed by atoms with Gasteiger partial charge in [0.2, 0.25) is 11.6 Å². The lowest BCUT2D eigenvalue weighted by atomic mass is 10.1. The van der Waals surface area contributed by atoms with E-state index in [0.717, 1.165) is 0 Å². The van der Waals surface area contributed by atoms with E-state index in [4.69, 9.17) is 0 Å². The average molecular weight is 585 g/mol. The zero-order chi connectivity index (χ0) is 30.5. The summed E-state index contributed by atoms with van der Waals surface area (Å²) in [7, 11) is 0. The Morgan fingerprint density at radius 1 is 0.432 bits per heavy atom. The molecule has 0 fully saturated rings. The highest BCUT2D eigenvalue weighted by atomic mass is 16.2. The van der Waals surface area contributed by atoms with Crippen molar-refractivity contribution in [3.63, 3.8) is 0 Å². The number of hydrogen-bond donors (Lipinski definition) is 6. The quantitative estimate of drug-likeness (QED) is 0.151. The van der Waals surface area contributed by atoms with E-state index in [1.807, 2.05) is 0 Å². The number of anilines is 2. The van der Waals surface area contributed by atoms with Crippen LogP contribution in [0.3, 0.4) is 0 Å². The highest BCUT2D eigenvalue weighted by molar-refractivity contribution is 6.33. The van der Waals surface area contributed by atoms with Gasteiger partial charge in [-0.3, -0.25) is 28.8 Å². The van der Waals surface area contributed by atoms with Gasteiger partial charge in [-0.25, -0.2) is 0 Å². The maximum Gasteiger partial charge on any atom is 0.274 e. The first-order chi connectivity index (χ1) is 21.3. The Kier molecular flexibility index (Phi) is 6.03. The standard InChI is InChI=1S/C32H20N6O6/c39-27-17-5-1-3-7-19(17)33-23(27)25-31(43)35-21(29(41)37-25)13-15-9-11-16(12-10-15)14-22-30(42)38-26(32(44)36-22)24-28(40)18-6-2-4-8-20(18)34-24/h1-14,33-34H,(H,35,43)(H,36,44)(H,37,41)(H,38,42)/b21-13+,22-14+,25-23+,26-24+. The molecule has 4 heterocycles. The smallest absolute Gasteiger partial charge is 0.274 e. The summed E-state index contributed by atoms with van der Waals surface area (Å²) < 4.78 is 0. The van der Waals surface area contributed by atoms with Crippen molar-refractivity contribution in [1.82, 2.24) is 19.9 Å². The van der Waals surface area contributed by atoms with E-state index < -0.39 is 33.8 Å². The van der Waals surface area contributed by atoms with Gasteiger partial charge in [-0.15, -0.1) is 0 Å². The van der Waals surface area contributed by atoms with Crippen molar-refractivity contribution in [2.75, 3.05) is 10.6 Å². The number of carbonyl (C=O) groups excluding carboxylic acids is 2. The molecule has 0 bridgehead atoms. The maximum absolute atomic E-state index is 12.8. The van der Waals surface area contributed by atoms with Gasteiger partial charge in [0.15, 0.2) is 0 Å². The predicted octanol–water partition coefficient (Wildman–Crippen LogP) is -1.07. The Labute approximate surface area is 244 Å². The van der Waals surface area contributed by atoms with Gasteiger partial charge in [-0.1, -0.05) is 48.5 Å². The molecule has 12 heteroatoms. The van der Waals surface area contributed by atoms with Gasteiger partial charge >= 0.3 is 0 Å². The minimum atomic E-state index is -0.646. The molecule has 0 amide bonds. The van der Waals surface area contributed by atoms with E-state index in [1.165, 1.54) is 12.2 Å². The van der Waals surface area contributed by atoms with E-state index in [1.54, 1.807) is 72.8 Å². The Bertz CT molecular complexity index is 2390. The van der Waals surface area contributed by atoms with Gasteiger partial charge in [0.1, 0.15) is 32.8 Å². The first-order valence-electron chi connectivity index (χ1n) is 13.4. The molecule has 44 heavy (non-hydrogen) atoms. The van der Waals surface area contributed by atoms with E-state index in [0.29, 0.717) is 33.6 Å². The Hall–Kier alpha value is -6.56. The van der Waals surface area contributed by atoms with Gasteiger partial charge in [-0.05, 0) is 47.5 Å². The molecule has 0 saturated heterocycles. The van der Waals surface area contributed by atoms with E-state index >= 15 is 0 Å². The number of aromatic nitrogens is 4. The van der Waals surface area contributed by atoms with Gasteiger partial charge in [0.25, 0.3) is 22.2 Å². The summed E-state index contributed by atoms with van der Waals surface area (Å²) in [5.41, 5.74) is 0.519. The number of Topliss-reactive ketones (excluding diaryl/α,β-unsaturated/α-hetero) is 2. The number of ketones is 2. The predicted molar refractivity (Wildman–Crippen MR) is 163 cm³/mol. The van der Waals surface area contributed by atoms with Gasteiger partial charge in [0, 0.05) is 22.5 Å². The molecule has 5 aromatic rings. The number of fused-ring (bicyclic) bond motifs is 2. The van der Waals surface area contributed by atoms with Crippen LogP contribution < -0.4 is 54.3 Å². The van der Waals surface area contributed by atoms with Crippen molar-refractivity contribution in [3.8, 4) is 0 Å². The van der Waals surface area contributed by atoms with Crippen LogP contribution in [0.25, 0.3) is 23.5 Å². The molecule has 6 N–H and O–H groups in total. The fourth-order valence-corrected chi connectivity index (χ4v) is 5.12. The average Bonchev–Trinajstić information content (AvgIpc) is 3.54. The first-order valence-corrected chi connectivity index (χ1v) is 13.4. The number of H-pyrrole nitrogens is 4. The molecule has 0 unspecified atom stereocenters. The first kappa shape index (κ1) is 26.3. The molecule has 0 spiro atoms. The number of para-hydroxylation sites is 2. The molecule has 7 rings (SSSR count). The molecular weight excluding hydrogens is 564 g/mol. The zero-order valence-corrected chi connectivity index (χ0v) is 22.5. The third-order valence-corrected chi connectivity index (χ3v) is 7.29. The second-order valence-corrected chi connectivity index (χ2v) is 10.1. The number of hydrogen-bond acceptors (Lipinski definition) is 8. The SMILES string of the molecule is O=C1/C(=c2\[nH]c(=O)/c(=C\c3ccc(/C=c4/[nH]c(=O)/c(=C5\Nc6ccccc6C5=O)[nH]c4=O)cc3)[nH]c2=O)Nc2ccccc21. The molecule has 0 atom stereocenters. The highest BCUT2D eigenvalue weighted by Crippen LogP contribution is 2.27. The van der Waals surface area contributed by atoms with Crippen LogP contribution in [-0.4, -0.2) is 31.5 Å². The topological polar surface area (TPSA) is 190 Å². The normalized spacial score (nSPS) is 16.9. The number of carbonyl (C=O) groups is 2. The molecule has 0 saturated carbocycles. The van der Waals surface area contributed by atoms with Crippen molar-refractivity contribution < 1.29 is 9.59 Å². The van der Waals surface area contributed by atoms with Gasteiger partial charge < -0.3 is 30.6 Å². The van der Waals surface area contributed by atoms with Crippen molar-refractivity contribution in [1.29, 1.82) is 0 Å². The second-order valence-electron chi connectivity index (χ2n) is 10.1. The van der Waals surface area contributed by atoms with E-state index in [9.17, 15) is 28.8 Å². The molecule has 3 aromatic carbocycles. The van der Waals surface area contributed by atoms with Crippen LogP contribution in [-0.2, 0) is 0 Å². The zero-order valence-electron chi connectivity index (χ0n) is 22.5. The summed E-state index contributed by atoms with van der Waals surface area (Å²) in [6, 6.07) is 20.2. The number of aromatic amines is 4. The molecule has 12 nitrogen and oxygen atoms in total. The van der Waals surface area contributed by atoms with Gasteiger partial charge in [0.05, 0.1) is 0 Å². The van der Waals surface area contributed by atoms with Crippen LogP contribution in [0.2, 0.25) is 0 Å². The number of benzene rings is 3. The Morgan fingerprint density at radius 3 is 1.20 bits per heavy atom. The van der Waals surface area contributed by atoms with Crippen LogP contribution in [0.5, 0.6) is 0 Å².